The minimum Gasteiger partial charge on any atom is -0.308 e. The third-order valence-corrected chi connectivity index (χ3v) is 3.79. The van der Waals surface area contributed by atoms with Gasteiger partial charge in [0.05, 0.1) is 0 Å². The van der Waals surface area contributed by atoms with Crippen molar-refractivity contribution in [2.75, 3.05) is 10.6 Å². The van der Waals surface area contributed by atoms with Gasteiger partial charge < -0.3 is 10.6 Å². The van der Waals surface area contributed by atoms with E-state index in [-0.39, 0.29) is 6.03 Å². The van der Waals surface area contributed by atoms with Crippen LogP contribution in [0.15, 0.2) is 40.9 Å². The van der Waals surface area contributed by atoms with E-state index in [0.29, 0.717) is 0 Å². The van der Waals surface area contributed by atoms with Gasteiger partial charge >= 0.3 is 6.03 Å². The average Bonchev–Trinajstić information content (AvgIpc) is 2.32. The average molecular weight is 333 g/mol. The highest BCUT2D eigenvalue weighted by molar-refractivity contribution is 9.10. The van der Waals surface area contributed by atoms with Gasteiger partial charge in [-0.15, -0.1) is 0 Å². The van der Waals surface area contributed by atoms with Crippen LogP contribution in [0.4, 0.5) is 16.2 Å². The van der Waals surface area contributed by atoms with Gasteiger partial charge in [0.25, 0.3) is 0 Å². The highest BCUT2D eigenvalue weighted by Crippen LogP contribution is 2.20. The molecule has 0 atom stereocenters. The van der Waals surface area contributed by atoms with Crippen LogP contribution < -0.4 is 10.6 Å². The first-order valence-electron chi connectivity index (χ1n) is 6.36. The Morgan fingerprint density at radius 3 is 2.10 bits per heavy atom. The van der Waals surface area contributed by atoms with Crippen LogP contribution in [0.2, 0.25) is 0 Å². The Bertz CT molecular complexity index is 633. The van der Waals surface area contributed by atoms with Crippen molar-refractivity contribution in [3.8, 4) is 0 Å². The van der Waals surface area contributed by atoms with Crippen LogP contribution in [0.3, 0.4) is 0 Å². The van der Waals surface area contributed by atoms with E-state index in [4.69, 9.17) is 0 Å². The van der Waals surface area contributed by atoms with E-state index in [2.05, 4.69) is 32.6 Å². The molecule has 4 heteroatoms. The Morgan fingerprint density at radius 2 is 1.50 bits per heavy atom. The molecule has 0 spiro atoms. The number of amides is 2. The molecule has 0 aliphatic carbocycles. The molecule has 104 valence electrons. The molecule has 0 saturated heterocycles. The van der Waals surface area contributed by atoms with E-state index >= 15 is 0 Å². The second-order valence-corrected chi connectivity index (χ2v) is 5.77. The zero-order valence-electron chi connectivity index (χ0n) is 11.8. The largest absolute Gasteiger partial charge is 0.323 e. The Morgan fingerprint density at radius 1 is 0.900 bits per heavy atom. The lowest BCUT2D eigenvalue weighted by atomic mass is 10.1. The summed E-state index contributed by atoms with van der Waals surface area (Å²) in [5, 5.41) is 5.67. The summed E-state index contributed by atoms with van der Waals surface area (Å²) in [6.07, 6.45) is 0. The van der Waals surface area contributed by atoms with Crippen molar-refractivity contribution in [2.45, 2.75) is 20.8 Å². The summed E-state index contributed by atoms with van der Waals surface area (Å²) in [7, 11) is 0. The van der Waals surface area contributed by atoms with Gasteiger partial charge in [0, 0.05) is 15.8 Å². The third kappa shape index (κ3) is 3.84. The lowest BCUT2D eigenvalue weighted by Crippen LogP contribution is -2.19. The SMILES string of the molecule is Cc1cc(C)cc(NC(=O)Nc2ccc(Br)c(C)c2)c1. The number of rotatable bonds is 2. The van der Waals surface area contributed by atoms with E-state index in [1.165, 1.54) is 0 Å². The molecule has 2 rings (SSSR count). The maximum atomic E-state index is 12.0. The van der Waals surface area contributed by atoms with Gasteiger partial charge in [-0.1, -0.05) is 22.0 Å². The predicted octanol–water partition coefficient (Wildman–Crippen LogP) is 5.02. The van der Waals surface area contributed by atoms with Crippen molar-refractivity contribution in [1.82, 2.24) is 0 Å². The highest BCUT2D eigenvalue weighted by atomic mass is 79.9. The zero-order valence-corrected chi connectivity index (χ0v) is 13.3. The number of carbonyl (C=O) groups excluding carboxylic acids is 1. The number of nitrogens with one attached hydrogen (secondary N) is 2. The lowest BCUT2D eigenvalue weighted by Gasteiger charge is -2.10. The summed E-state index contributed by atoms with van der Waals surface area (Å²) >= 11 is 3.44. The van der Waals surface area contributed by atoms with E-state index in [1.54, 1.807) is 0 Å². The predicted molar refractivity (Wildman–Crippen MR) is 87.4 cm³/mol. The van der Waals surface area contributed by atoms with E-state index in [1.807, 2.05) is 51.1 Å². The quantitative estimate of drug-likeness (QED) is 0.796. The number of carbonyl (C=O) groups is 1. The topological polar surface area (TPSA) is 41.1 Å². The lowest BCUT2D eigenvalue weighted by molar-refractivity contribution is 0.262. The second kappa shape index (κ2) is 6.09. The van der Waals surface area contributed by atoms with Gasteiger partial charge in [0.15, 0.2) is 0 Å². The number of aryl methyl sites for hydroxylation is 3. The van der Waals surface area contributed by atoms with Crippen LogP contribution in [0.5, 0.6) is 0 Å². The van der Waals surface area contributed by atoms with Crippen molar-refractivity contribution in [1.29, 1.82) is 0 Å². The molecular formula is C16H17BrN2O. The van der Waals surface area contributed by atoms with Gasteiger partial charge in [-0.05, 0) is 67.8 Å². The number of hydrogen-bond donors (Lipinski definition) is 2. The molecule has 0 fully saturated rings. The Hall–Kier alpha value is -1.81. The molecule has 0 heterocycles. The minimum absolute atomic E-state index is 0.239. The monoisotopic (exact) mass is 332 g/mol. The summed E-state index contributed by atoms with van der Waals surface area (Å²) in [6, 6.07) is 11.4. The summed E-state index contributed by atoms with van der Waals surface area (Å²) in [4.78, 5) is 12.0. The molecule has 0 aromatic heterocycles. The molecule has 2 aromatic carbocycles. The Balaban J connectivity index is 2.06. The number of hydrogen-bond acceptors (Lipinski definition) is 1. The summed E-state index contributed by atoms with van der Waals surface area (Å²) < 4.78 is 1.03. The van der Waals surface area contributed by atoms with Crippen molar-refractivity contribution < 1.29 is 4.79 Å². The zero-order chi connectivity index (χ0) is 14.7. The van der Waals surface area contributed by atoms with E-state index in [0.717, 1.165) is 32.5 Å². The molecule has 2 aromatic rings. The fourth-order valence-corrected chi connectivity index (χ4v) is 2.31. The van der Waals surface area contributed by atoms with Gasteiger partial charge in [0.2, 0.25) is 0 Å². The molecule has 2 amide bonds. The Kier molecular flexibility index (Phi) is 4.45. The van der Waals surface area contributed by atoms with Gasteiger partial charge in [-0.3, -0.25) is 0 Å². The second-order valence-electron chi connectivity index (χ2n) is 4.92. The highest BCUT2D eigenvalue weighted by Gasteiger charge is 2.04. The number of halogens is 1. The van der Waals surface area contributed by atoms with Crippen LogP contribution in [0.25, 0.3) is 0 Å². The number of benzene rings is 2. The summed E-state index contributed by atoms with van der Waals surface area (Å²) in [5.41, 5.74) is 4.90. The molecule has 0 unspecified atom stereocenters. The standard InChI is InChI=1S/C16H17BrN2O/c1-10-6-11(2)8-14(7-10)19-16(20)18-13-4-5-15(17)12(3)9-13/h4-9H,1-3H3,(H2,18,19,20). The van der Waals surface area contributed by atoms with Crippen LogP contribution in [-0.4, -0.2) is 6.03 Å². The van der Waals surface area contributed by atoms with E-state index in [9.17, 15) is 4.79 Å². The van der Waals surface area contributed by atoms with Crippen molar-refractivity contribution in [3.63, 3.8) is 0 Å². The normalized spacial score (nSPS) is 10.2. The van der Waals surface area contributed by atoms with Crippen LogP contribution >= 0.6 is 15.9 Å². The molecule has 20 heavy (non-hydrogen) atoms. The fourth-order valence-electron chi connectivity index (χ4n) is 2.06. The summed E-state index contributed by atoms with van der Waals surface area (Å²) in [5.74, 6) is 0. The molecule has 0 saturated carbocycles. The fraction of sp³-hybridized carbons (Fsp3) is 0.188. The molecule has 0 bridgehead atoms. The molecular weight excluding hydrogens is 316 g/mol. The first kappa shape index (κ1) is 14.6. The van der Waals surface area contributed by atoms with Gasteiger partial charge in [-0.2, -0.15) is 0 Å². The molecule has 2 N–H and O–H groups in total. The maximum absolute atomic E-state index is 12.0. The molecule has 0 aliphatic rings. The van der Waals surface area contributed by atoms with E-state index < -0.39 is 0 Å². The van der Waals surface area contributed by atoms with Crippen molar-refractivity contribution in [2.24, 2.45) is 0 Å². The first-order chi connectivity index (χ1) is 9.44. The smallest absolute Gasteiger partial charge is 0.308 e. The van der Waals surface area contributed by atoms with Crippen LogP contribution in [-0.2, 0) is 0 Å². The maximum Gasteiger partial charge on any atom is 0.323 e. The molecule has 3 nitrogen and oxygen atoms in total. The number of anilines is 2. The molecule has 0 radical (unpaired) electrons. The third-order valence-electron chi connectivity index (χ3n) is 2.90. The first-order valence-corrected chi connectivity index (χ1v) is 7.16. The van der Waals surface area contributed by atoms with Crippen LogP contribution in [0.1, 0.15) is 16.7 Å². The van der Waals surface area contributed by atoms with Gasteiger partial charge in [0.1, 0.15) is 0 Å². The van der Waals surface area contributed by atoms with Crippen molar-refractivity contribution in [3.05, 3.63) is 57.6 Å². The van der Waals surface area contributed by atoms with Gasteiger partial charge in [-0.25, -0.2) is 4.79 Å². The number of urea groups is 1. The Labute approximate surface area is 127 Å². The van der Waals surface area contributed by atoms with Crippen molar-refractivity contribution >= 4 is 33.3 Å². The minimum atomic E-state index is -0.239. The molecule has 0 aliphatic heterocycles. The summed E-state index contributed by atoms with van der Waals surface area (Å²) in [6.45, 7) is 6.00. The van der Waals surface area contributed by atoms with Crippen LogP contribution in [0, 0.1) is 20.8 Å².